The Morgan fingerprint density at radius 1 is 1.33 bits per heavy atom. The fraction of sp³-hybridized carbons (Fsp3) is 0.308. The Hall–Kier alpha value is -2.01. The molecule has 0 aliphatic heterocycles. The fourth-order valence-corrected chi connectivity index (χ4v) is 1.79. The Morgan fingerprint density at radius 3 is 2.78 bits per heavy atom. The van der Waals surface area contributed by atoms with E-state index in [4.69, 9.17) is 9.47 Å². The molecule has 1 heterocycles. The van der Waals surface area contributed by atoms with E-state index in [0.29, 0.717) is 23.6 Å². The maximum absolute atomic E-state index is 10.2. The number of rotatable bonds is 5. The lowest BCUT2D eigenvalue weighted by atomic mass is 10.1. The number of aromatic nitrogens is 2. The molecule has 0 aliphatic carbocycles. The van der Waals surface area contributed by atoms with E-state index in [1.165, 1.54) is 0 Å². The van der Waals surface area contributed by atoms with Crippen molar-refractivity contribution in [1.82, 2.24) is 9.55 Å². The van der Waals surface area contributed by atoms with Crippen molar-refractivity contribution in [3.63, 3.8) is 0 Å². The van der Waals surface area contributed by atoms with E-state index in [2.05, 4.69) is 4.98 Å². The molecule has 0 radical (unpaired) electrons. The van der Waals surface area contributed by atoms with Gasteiger partial charge in [0.1, 0.15) is 17.6 Å². The predicted molar refractivity (Wildman–Crippen MR) is 66.7 cm³/mol. The van der Waals surface area contributed by atoms with Crippen LogP contribution in [-0.4, -0.2) is 28.9 Å². The summed E-state index contributed by atoms with van der Waals surface area (Å²) in [6.45, 7) is 0.420. The predicted octanol–water partition coefficient (Wildman–Crippen LogP) is 1.63. The molecule has 2 rings (SSSR count). The third-order valence-corrected chi connectivity index (χ3v) is 2.74. The minimum atomic E-state index is -0.677. The molecule has 0 amide bonds. The lowest BCUT2D eigenvalue weighted by Crippen LogP contribution is -2.08. The number of aliphatic hydroxyl groups excluding tert-OH is 1. The van der Waals surface area contributed by atoms with Crippen LogP contribution < -0.4 is 9.47 Å². The first kappa shape index (κ1) is 12.4. The van der Waals surface area contributed by atoms with E-state index in [9.17, 15) is 5.11 Å². The first-order valence-electron chi connectivity index (χ1n) is 5.60. The normalized spacial score (nSPS) is 12.2. The molecule has 96 valence electrons. The first-order valence-corrected chi connectivity index (χ1v) is 5.60. The quantitative estimate of drug-likeness (QED) is 0.873. The zero-order valence-corrected chi connectivity index (χ0v) is 10.4. The van der Waals surface area contributed by atoms with Crippen LogP contribution >= 0.6 is 0 Å². The second-order valence-corrected chi connectivity index (χ2v) is 3.88. The van der Waals surface area contributed by atoms with Gasteiger partial charge in [-0.15, -0.1) is 0 Å². The van der Waals surface area contributed by atoms with Crippen molar-refractivity contribution in [2.45, 2.75) is 12.6 Å². The second-order valence-electron chi connectivity index (χ2n) is 3.88. The molecule has 0 bridgehead atoms. The van der Waals surface area contributed by atoms with Gasteiger partial charge in [-0.25, -0.2) is 4.98 Å². The third kappa shape index (κ3) is 2.62. The maximum atomic E-state index is 10.2. The van der Waals surface area contributed by atoms with Crippen LogP contribution in [0.3, 0.4) is 0 Å². The second kappa shape index (κ2) is 5.55. The van der Waals surface area contributed by atoms with Gasteiger partial charge in [0.2, 0.25) is 0 Å². The summed E-state index contributed by atoms with van der Waals surface area (Å²) in [6, 6.07) is 5.36. The molecular formula is C13H16N2O3. The van der Waals surface area contributed by atoms with Gasteiger partial charge in [-0.2, -0.15) is 0 Å². The Balaban J connectivity index is 2.24. The largest absolute Gasteiger partial charge is 0.497 e. The topological polar surface area (TPSA) is 56.5 Å². The van der Waals surface area contributed by atoms with Crippen LogP contribution in [-0.2, 0) is 6.54 Å². The summed E-state index contributed by atoms with van der Waals surface area (Å²) in [7, 11) is 3.17. The molecule has 1 N–H and O–H groups in total. The minimum absolute atomic E-state index is 0.420. The summed E-state index contributed by atoms with van der Waals surface area (Å²) in [5, 5.41) is 10.2. The maximum Gasteiger partial charge on any atom is 0.124 e. The molecule has 0 fully saturated rings. The number of methoxy groups -OCH3 is 2. The van der Waals surface area contributed by atoms with Gasteiger partial charge in [0.25, 0.3) is 0 Å². The van der Waals surface area contributed by atoms with Crippen LogP contribution in [0.15, 0.2) is 36.9 Å². The van der Waals surface area contributed by atoms with E-state index in [-0.39, 0.29) is 0 Å². The summed E-state index contributed by atoms with van der Waals surface area (Å²) in [4.78, 5) is 3.94. The van der Waals surface area contributed by atoms with Gasteiger partial charge >= 0.3 is 0 Å². The van der Waals surface area contributed by atoms with Crippen molar-refractivity contribution < 1.29 is 14.6 Å². The van der Waals surface area contributed by atoms with Gasteiger partial charge in [-0.05, 0) is 18.2 Å². The highest BCUT2D eigenvalue weighted by atomic mass is 16.5. The SMILES string of the molecule is COc1ccc(OC)c(C(O)Cn2ccnc2)c1. The molecule has 18 heavy (non-hydrogen) atoms. The summed E-state index contributed by atoms with van der Waals surface area (Å²) in [5.41, 5.74) is 0.700. The van der Waals surface area contributed by atoms with E-state index < -0.39 is 6.10 Å². The summed E-state index contributed by atoms with van der Waals surface area (Å²) >= 11 is 0. The molecule has 0 saturated carbocycles. The molecule has 1 atom stereocenters. The van der Waals surface area contributed by atoms with Crippen LogP contribution in [0.4, 0.5) is 0 Å². The zero-order valence-electron chi connectivity index (χ0n) is 10.4. The molecule has 0 saturated heterocycles. The lowest BCUT2D eigenvalue weighted by molar-refractivity contribution is 0.152. The van der Waals surface area contributed by atoms with Crippen LogP contribution in [0.25, 0.3) is 0 Å². The van der Waals surface area contributed by atoms with Crippen molar-refractivity contribution in [2.24, 2.45) is 0 Å². The molecule has 2 aromatic rings. The Labute approximate surface area is 106 Å². The van der Waals surface area contributed by atoms with Crippen LogP contribution in [0.5, 0.6) is 11.5 Å². The van der Waals surface area contributed by atoms with Crippen LogP contribution in [0.1, 0.15) is 11.7 Å². The van der Waals surface area contributed by atoms with Gasteiger partial charge < -0.3 is 19.1 Å². The number of imidazole rings is 1. The average Bonchev–Trinajstić information content (AvgIpc) is 2.90. The highest BCUT2D eigenvalue weighted by Crippen LogP contribution is 2.30. The van der Waals surface area contributed by atoms with E-state index in [1.54, 1.807) is 51.1 Å². The average molecular weight is 248 g/mol. The van der Waals surface area contributed by atoms with E-state index in [1.807, 2.05) is 4.57 Å². The number of nitrogens with zero attached hydrogens (tertiary/aromatic N) is 2. The number of benzene rings is 1. The van der Waals surface area contributed by atoms with Gasteiger partial charge in [0, 0.05) is 18.0 Å². The zero-order chi connectivity index (χ0) is 13.0. The molecule has 1 aromatic heterocycles. The number of hydrogen-bond acceptors (Lipinski definition) is 4. The standard InChI is InChI=1S/C13H16N2O3/c1-17-10-3-4-13(18-2)11(7-10)12(16)8-15-6-5-14-9-15/h3-7,9,12,16H,8H2,1-2H3. The van der Waals surface area contributed by atoms with Crippen molar-refractivity contribution in [3.8, 4) is 11.5 Å². The molecule has 1 unspecified atom stereocenters. The molecule has 5 nitrogen and oxygen atoms in total. The Kier molecular flexibility index (Phi) is 3.84. The minimum Gasteiger partial charge on any atom is -0.497 e. The summed E-state index contributed by atoms with van der Waals surface area (Å²) < 4.78 is 12.2. The van der Waals surface area contributed by atoms with Crippen molar-refractivity contribution in [3.05, 3.63) is 42.5 Å². The number of aliphatic hydroxyl groups is 1. The summed E-state index contributed by atoms with van der Waals surface area (Å²) in [5.74, 6) is 1.33. The lowest BCUT2D eigenvalue weighted by Gasteiger charge is -2.16. The first-order chi connectivity index (χ1) is 8.74. The highest BCUT2D eigenvalue weighted by molar-refractivity contribution is 5.41. The van der Waals surface area contributed by atoms with E-state index in [0.717, 1.165) is 0 Å². The highest BCUT2D eigenvalue weighted by Gasteiger charge is 2.14. The van der Waals surface area contributed by atoms with Gasteiger partial charge in [-0.3, -0.25) is 0 Å². The van der Waals surface area contributed by atoms with Crippen molar-refractivity contribution >= 4 is 0 Å². The summed E-state index contributed by atoms with van der Waals surface area (Å²) in [6.07, 6.45) is 4.46. The molecule has 0 spiro atoms. The van der Waals surface area contributed by atoms with Gasteiger partial charge in [0.05, 0.1) is 27.1 Å². The Morgan fingerprint density at radius 2 is 2.17 bits per heavy atom. The van der Waals surface area contributed by atoms with Crippen molar-refractivity contribution in [2.75, 3.05) is 14.2 Å². The van der Waals surface area contributed by atoms with Crippen LogP contribution in [0.2, 0.25) is 0 Å². The van der Waals surface area contributed by atoms with Gasteiger partial charge in [0.15, 0.2) is 0 Å². The van der Waals surface area contributed by atoms with Gasteiger partial charge in [-0.1, -0.05) is 0 Å². The monoisotopic (exact) mass is 248 g/mol. The number of ether oxygens (including phenoxy) is 2. The fourth-order valence-electron chi connectivity index (χ4n) is 1.79. The smallest absolute Gasteiger partial charge is 0.124 e. The van der Waals surface area contributed by atoms with Crippen LogP contribution in [0, 0.1) is 0 Å². The van der Waals surface area contributed by atoms with E-state index >= 15 is 0 Å². The molecule has 1 aromatic carbocycles. The van der Waals surface area contributed by atoms with Crippen molar-refractivity contribution in [1.29, 1.82) is 0 Å². The molecule has 0 aliphatic rings. The molecular weight excluding hydrogens is 232 g/mol. The molecule has 5 heteroatoms. The Bertz CT molecular complexity index is 497. The third-order valence-electron chi connectivity index (χ3n) is 2.74. The number of hydrogen-bond donors (Lipinski definition) is 1.